The van der Waals surface area contributed by atoms with Crippen LogP contribution >= 0.6 is 0 Å². The Morgan fingerprint density at radius 1 is 0.424 bits per heavy atom. The van der Waals surface area contributed by atoms with Crippen LogP contribution in [0, 0.1) is 0 Å². The molecule has 3 aliphatic carbocycles. The van der Waals surface area contributed by atoms with Crippen molar-refractivity contribution in [2.75, 3.05) is 39.3 Å². The molecule has 3 saturated carbocycles. The van der Waals surface area contributed by atoms with E-state index in [0.29, 0.717) is 56.7 Å². The Bertz CT molecular complexity index is 1640. The van der Waals surface area contributed by atoms with Gasteiger partial charge in [-0.05, 0) is 122 Å². The standard InChI is InChI=1S/C51H90N12O3/c1-46(2)31-61(43(64)49(7,8)58-46)28-37(52-34-22-16-13-17-23-34)40-55-41(38(53-35-24-18-14-19-25-35)29-62-32-47(3,4)59-50(9,10)44(62)65)57-42(56-40)39(54-36-26-20-15-21-27-36)30-63-33-48(5,6)60-51(11,12)45(63)66/h34-39,52-54,58-60H,13-33H2,1-12H3. The van der Waals surface area contributed by atoms with E-state index < -0.39 is 16.6 Å². The van der Waals surface area contributed by atoms with E-state index in [1.54, 1.807) is 0 Å². The SMILES string of the molecule is CC1(C)CN(CC(NC2CCCCC2)c2nc(C(CN3CC(C)(C)NC(C)(C)C3=O)NC3CCCCC3)nc(C(CN3CC(C)(C)NC(C)(C)C3=O)NC3CCCCC3)n2)C(=O)C(C)(C)N1. The van der Waals surface area contributed by atoms with Crippen LogP contribution in [0.5, 0.6) is 0 Å². The number of rotatable bonds is 15. The van der Waals surface area contributed by atoms with Gasteiger partial charge in [-0.2, -0.15) is 0 Å². The van der Waals surface area contributed by atoms with E-state index in [1.165, 1.54) is 19.3 Å². The highest BCUT2D eigenvalue weighted by Gasteiger charge is 2.48. The molecule has 3 aliphatic heterocycles. The molecule has 1 aromatic heterocycles. The number of nitrogens with zero attached hydrogens (tertiary/aromatic N) is 6. The molecule has 3 saturated heterocycles. The second kappa shape index (κ2) is 19.9. The number of aromatic nitrogens is 3. The molecule has 1 aromatic rings. The molecule has 6 fully saturated rings. The quantitative estimate of drug-likeness (QED) is 0.127. The lowest BCUT2D eigenvalue weighted by molar-refractivity contribution is -0.144. The molecule has 4 heterocycles. The van der Waals surface area contributed by atoms with Gasteiger partial charge in [0.15, 0.2) is 17.5 Å². The van der Waals surface area contributed by atoms with Crippen molar-refractivity contribution in [2.45, 2.75) is 249 Å². The zero-order valence-corrected chi connectivity index (χ0v) is 43.2. The molecule has 66 heavy (non-hydrogen) atoms. The molecule has 3 unspecified atom stereocenters. The van der Waals surface area contributed by atoms with Gasteiger partial charge < -0.3 is 30.7 Å². The summed E-state index contributed by atoms with van der Waals surface area (Å²) in [5.41, 5.74) is -3.15. The molecule has 0 bridgehead atoms. The van der Waals surface area contributed by atoms with E-state index in [9.17, 15) is 14.4 Å². The Hall–Kier alpha value is -2.82. The van der Waals surface area contributed by atoms with Crippen molar-refractivity contribution in [1.82, 2.24) is 61.6 Å². The third-order valence-electron chi connectivity index (χ3n) is 15.1. The summed E-state index contributed by atoms with van der Waals surface area (Å²) in [7, 11) is 0. The minimum Gasteiger partial charge on any atom is -0.337 e. The van der Waals surface area contributed by atoms with E-state index in [2.05, 4.69) is 73.4 Å². The van der Waals surface area contributed by atoms with Crippen molar-refractivity contribution in [2.24, 2.45) is 0 Å². The van der Waals surface area contributed by atoms with Crippen LogP contribution in [-0.4, -0.2) is 138 Å². The number of nitrogens with one attached hydrogen (secondary N) is 6. The summed E-state index contributed by atoms with van der Waals surface area (Å²) >= 11 is 0. The van der Waals surface area contributed by atoms with Crippen molar-refractivity contribution in [1.29, 1.82) is 0 Å². The van der Waals surface area contributed by atoms with Gasteiger partial charge in [-0.1, -0.05) is 57.8 Å². The van der Waals surface area contributed by atoms with Gasteiger partial charge in [-0.15, -0.1) is 0 Å². The predicted octanol–water partition coefficient (Wildman–Crippen LogP) is 5.73. The summed E-state index contributed by atoms with van der Waals surface area (Å²) in [6, 6.07) is -0.389. The van der Waals surface area contributed by atoms with Crippen LogP contribution in [0.2, 0.25) is 0 Å². The zero-order chi connectivity index (χ0) is 47.9. The number of carbonyl (C=O) groups excluding carboxylic acids is 3. The maximum atomic E-state index is 14.4. The molecular weight excluding hydrogens is 829 g/mol. The lowest BCUT2D eigenvalue weighted by atomic mass is 9.90. The fourth-order valence-corrected chi connectivity index (χ4v) is 12.9. The second-order valence-electron chi connectivity index (χ2n) is 25.0. The van der Waals surface area contributed by atoms with Crippen LogP contribution < -0.4 is 31.9 Å². The maximum absolute atomic E-state index is 14.4. The van der Waals surface area contributed by atoms with Crippen molar-refractivity contribution in [3.8, 4) is 0 Å². The fourth-order valence-electron chi connectivity index (χ4n) is 12.9. The molecule has 372 valence electrons. The van der Waals surface area contributed by atoms with Crippen molar-refractivity contribution in [3.63, 3.8) is 0 Å². The van der Waals surface area contributed by atoms with Gasteiger partial charge in [0.2, 0.25) is 17.7 Å². The Morgan fingerprint density at radius 2 is 0.652 bits per heavy atom. The summed E-state index contributed by atoms with van der Waals surface area (Å²) in [4.78, 5) is 65.9. The monoisotopic (exact) mass is 919 g/mol. The molecule has 15 heteroatoms. The molecule has 3 atom stereocenters. The molecule has 6 aliphatic rings. The van der Waals surface area contributed by atoms with Crippen molar-refractivity contribution < 1.29 is 14.4 Å². The smallest absolute Gasteiger partial charge is 0.242 e. The van der Waals surface area contributed by atoms with Crippen LogP contribution in [0.15, 0.2) is 0 Å². The predicted molar refractivity (Wildman–Crippen MR) is 262 cm³/mol. The van der Waals surface area contributed by atoms with Gasteiger partial charge in [-0.3, -0.25) is 30.3 Å². The van der Waals surface area contributed by atoms with Gasteiger partial charge in [-0.25, -0.2) is 15.0 Å². The largest absolute Gasteiger partial charge is 0.337 e. The molecule has 0 radical (unpaired) electrons. The van der Waals surface area contributed by atoms with Crippen LogP contribution in [-0.2, 0) is 14.4 Å². The minimum absolute atomic E-state index is 0.0605. The van der Waals surface area contributed by atoms with Crippen LogP contribution in [0.25, 0.3) is 0 Å². The van der Waals surface area contributed by atoms with Crippen LogP contribution in [0.4, 0.5) is 0 Å². The Balaban J connectivity index is 1.38. The molecule has 15 nitrogen and oxygen atoms in total. The van der Waals surface area contributed by atoms with Gasteiger partial charge in [0, 0.05) is 74.0 Å². The summed E-state index contributed by atoms with van der Waals surface area (Å²) in [6.07, 6.45) is 16.9. The van der Waals surface area contributed by atoms with Crippen molar-refractivity contribution >= 4 is 17.7 Å². The average molecular weight is 919 g/mol. The van der Waals surface area contributed by atoms with E-state index in [1.807, 2.05) is 56.2 Å². The van der Waals surface area contributed by atoms with Crippen LogP contribution in [0.1, 0.15) is 215 Å². The first-order chi connectivity index (χ1) is 30.8. The third kappa shape index (κ3) is 12.7. The number of amides is 3. The summed E-state index contributed by atoms with van der Waals surface area (Å²) in [5, 5.41) is 23.0. The molecule has 0 aromatic carbocycles. The maximum Gasteiger partial charge on any atom is 0.242 e. The summed E-state index contributed by atoms with van der Waals surface area (Å²) < 4.78 is 0. The lowest BCUT2D eigenvalue weighted by Crippen LogP contribution is -2.70. The normalized spacial score (nSPS) is 27.5. The molecule has 7 rings (SSSR count). The molecule has 3 amide bonds. The van der Waals surface area contributed by atoms with E-state index in [4.69, 9.17) is 15.0 Å². The molecular formula is C51H90N12O3. The first kappa shape index (κ1) is 51.0. The zero-order valence-electron chi connectivity index (χ0n) is 43.2. The molecule has 0 spiro atoms. The average Bonchev–Trinajstić information content (AvgIpc) is 3.22. The van der Waals surface area contributed by atoms with Crippen molar-refractivity contribution in [3.05, 3.63) is 17.5 Å². The van der Waals surface area contributed by atoms with Gasteiger partial charge in [0.25, 0.3) is 0 Å². The number of hydrogen-bond acceptors (Lipinski definition) is 12. The summed E-state index contributed by atoms with van der Waals surface area (Å²) in [6.45, 7) is 27.8. The summed E-state index contributed by atoms with van der Waals surface area (Å²) in [5.74, 6) is 2.04. The highest BCUT2D eigenvalue weighted by atomic mass is 16.2. The number of piperazine rings is 3. The number of hydrogen-bond donors (Lipinski definition) is 6. The highest BCUT2D eigenvalue weighted by Crippen LogP contribution is 2.32. The number of carbonyl (C=O) groups is 3. The van der Waals surface area contributed by atoms with E-state index in [-0.39, 0.29) is 70.6 Å². The second-order valence-corrected chi connectivity index (χ2v) is 25.0. The Morgan fingerprint density at radius 3 is 0.879 bits per heavy atom. The molecule has 6 N–H and O–H groups in total. The van der Waals surface area contributed by atoms with Gasteiger partial charge in [0.1, 0.15) is 0 Å². The topological polar surface area (TPSA) is 172 Å². The minimum atomic E-state index is -0.745. The van der Waals surface area contributed by atoms with E-state index in [0.717, 1.165) is 77.0 Å². The first-order valence-electron chi connectivity index (χ1n) is 26.1. The third-order valence-corrected chi connectivity index (χ3v) is 15.1. The van der Waals surface area contributed by atoms with Gasteiger partial charge in [0.05, 0.1) is 34.7 Å². The van der Waals surface area contributed by atoms with Gasteiger partial charge >= 0.3 is 0 Å². The fraction of sp³-hybridized carbons (Fsp3) is 0.882. The van der Waals surface area contributed by atoms with Crippen LogP contribution in [0.3, 0.4) is 0 Å². The lowest BCUT2D eigenvalue weighted by Gasteiger charge is -2.48. The Kier molecular flexibility index (Phi) is 15.4. The first-order valence-corrected chi connectivity index (χ1v) is 26.1. The Labute approximate surface area is 398 Å². The van der Waals surface area contributed by atoms with E-state index >= 15 is 0 Å². The highest BCUT2D eigenvalue weighted by molar-refractivity contribution is 5.88.